The van der Waals surface area contributed by atoms with Crippen molar-refractivity contribution in [1.82, 2.24) is 4.98 Å². The molecule has 0 radical (unpaired) electrons. The molecule has 5 rings (SSSR count). The maximum Gasteiger partial charge on any atom is 0.283 e. The molecule has 3 aromatic carbocycles. The zero-order valence-corrected chi connectivity index (χ0v) is 22.3. The van der Waals surface area contributed by atoms with Crippen LogP contribution in [0.15, 0.2) is 88.9 Å². The first-order valence-electron chi connectivity index (χ1n) is 11.6. The number of carbonyl (C=O) groups excluding carboxylic acids is 3. The van der Waals surface area contributed by atoms with Gasteiger partial charge < -0.3 is 14.8 Å². The quantitative estimate of drug-likeness (QED) is 0.273. The first kappa shape index (κ1) is 26.0. The Morgan fingerprint density at radius 1 is 0.949 bits per heavy atom. The highest BCUT2D eigenvalue weighted by Gasteiger charge is 2.40. The van der Waals surface area contributed by atoms with Gasteiger partial charge in [-0.05, 0) is 30.3 Å². The molecule has 0 saturated carbocycles. The second-order valence-electron chi connectivity index (χ2n) is 8.24. The molecular weight excluding hydrogens is 540 g/mol. The molecule has 1 aromatic heterocycles. The molecule has 196 valence electrons. The van der Waals surface area contributed by atoms with Crippen LogP contribution in [0.2, 0.25) is 0 Å². The Morgan fingerprint density at radius 3 is 2.49 bits per heavy atom. The van der Waals surface area contributed by atoms with Crippen molar-refractivity contribution in [3.8, 4) is 22.8 Å². The van der Waals surface area contributed by atoms with Crippen molar-refractivity contribution < 1.29 is 23.9 Å². The van der Waals surface area contributed by atoms with E-state index in [4.69, 9.17) is 21.1 Å². The number of imide groups is 1. The number of benzene rings is 3. The molecule has 4 aromatic rings. The van der Waals surface area contributed by atoms with Gasteiger partial charge in [-0.3, -0.25) is 19.7 Å². The molecule has 0 spiro atoms. The summed E-state index contributed by atoms with van der Waals surface area (Å²) in [4.78, 5) is 44.6. The highest BCUT2D eigenvalue weighted by atomic mass is 35.5. The van der Waals surface area contributed by atoms with Gasteiger partial charge in [0.25, 0.3) is 17.7 Å². The van der Waals surface area contributed by atoms with Crippen LogP contribution in [0, 0.1) is 0 Å². The monoisotopic (exact) mass is 560 g/mol. The van der Waals surface area contributed by atoms with Crippen molar-refractivity contribution >= 4 is 57.2 Å². The number of nitrogens with one attached hydrogen (secondary N) is 2. The molecular formula is C28H21ClN4O5S. The molecule has 9 nitrogen and oxygen atoms in total. The fourth-order valence-electron chi connectivity index (χ4n) is 3.93. The van der Waals surface area contributed by atoms with E-state index >= 15 is 0 Å². The van der Waals surface area contributed by atoms with E-state index in [-0.39, 0.29) is 22.3 Å². The summed E-state index contributed by atoms with van der Waals surface area (Å²) < 4.78 is 10.6. The normalized spacial score (nSPS) is 13.1. The number of thiazole rings is 1. The summed E-state index contributed by atoms with van der Waals surface area (Å²) in [6.45, 7) is 0. The fourth-order valence-corrected chi connectivity index (χ4v) is 4.85. The van der Waals surface area contributed by atoms with Crippen LogP contribution in [0.5, 0.6) is 11.5 Å². The summed E-state index contributed by atoms with van der Waals surface area (Å²) in [5.41, 5.74) is 2.47. The number of hydrogen-bond acceptors (Lipinski definition) is 8. The number of carbonyl (C=O) groups is 3. The predicted molar refractivity (Wildman–Crippen MR) is 150 cm³/mol. The molecule has 11 heteroatoms. The van der Waals surface area contributed by atoms with Crippen molar-refractivity contribution in [1.29, 1.82) is 0 Å². The lowest BCUT2D eigenvalue weighted by Crippen LogP contribution is -2.32. The van der Waals surface area contributed by atoms with Gasteiger partial charge in [-0.15, -0.1) is 11.3 Å². The summed E-state index contributed by atoms with van der Waals surface area (Å²) in [5, 5.41) is 7.70. The first-order chi connectivity index (χ1) is 18.9. The molecule has 0 saturated heterocycles. The Kier molecular flexibility index (Phi) is 7.31. The van der Waals surface area contributed by atoms with Crippen molar-refractivity contribution in [2.45, 2.75) is 0 Å². The number of rotatable bonds is 8. The minimum absolute atomic E-state index is 0.128. The Bertz CT molecular complexity index is 1620. The van der Waals surface area contributed by atoms with E-state index in [2.05, 4.69) is 15.6 Å². The number of ether oxygens (including phenoxy) is 2. The molecule has 2 N–H and O–H groups in total. The largest absolute Gasteiger partial charge is 0.497 e. The number of amides is 3. The second kappa shape index (κ2) is 11.0. The fraction of sp³-hybridized carbons (Fsp3) is 0.0714. The third-order valence-corrected chi connectivity index (χ3v) is 6.95. The van der Waals surface area contributed by atoms with Gasteiger partial charge in [0.05, 0.1) is 25.6 Å². The number of anilines is 3. The second-order valence-corrected chi connectivity index (χ2v) is 9.47. The minimum Gasteiger partial charge on any atom is -0.497 e. The molecule has 2 heterocycles. The summed E-state index contributed by atoms with van der Waals surface area (Å²) in [6, 6.07) is 20.8. The third-order valence-electron chi connectivity index (χ3n) is 5.84. The number of hydrogen-bond donors (Lipinski definition) is 2. The Morgan fingerprint density at radius 2 is 1.74 bits per heavy atom. The Balaban J connectivity index is 1.34. The Labute approximate surface area is 232 Å². The average molecular weight is 561 g/mol. The van der Waals surface area contributed by atoms with Crippen LogP contribution in [-0.4, -0.2) is 36.9 Å². The van der Waals surface area contributed by atoms with Gasteiger partial charge in [0, 0.05) is 28.3 Å². The van der Waals surface area contributed by atoms with Gasteiger partial charge in [-0.2, -0.15) is 0 Å². The van der Waals surface area contributed by atoms with E-state index in [0.29, 0.717) is 27.9 Å². The maximum absolute atomic E-state index is 13.3. The van der Waals surface area contributed by atoms with Gasteiger partial charge in [-0.25, -0.2) is 9.88 Å². The Hall–Kier alpha value is -4.67. The van der Waals surface area contributed by atoms with E-state index in [1.807, 2.05) is 35.7 Å². The van der Waals surface area contributed by atoms with E-state index in [1.54, 1.807) is 36.4 Å². The smallest absolute Gasteiger partial charge is 0.283 e. The van der Waals surface area contributed by atoms with Crippen LogP contribution in [0.4, 0.5) is 16.5 Å². The molecule has 1 aliphatic rings. The maximum atomic E-state index is 13.3. The highest BCUT2D eigenvalue weighted by molar-refractivity contribution is 7.14. The van der Waals surface area contributed by atoms with Gasteiger partial charge in [0.2, 0.25) is 0 Å². The zero-order chi connectivity index (χ0) is 27.5. The first-order valence-corrected chi connectivity index (χ1v) is 12.9. The van der Waals surface area contributed by atoms with Crippen LogP contribution in [0.3, 0.4) is 0 Å². The van der Waals surface area contributed by atoms with E-state index in [9.17, 15) is 14.4 Å². The van der Waals surface area contributed by atoms with Crippen LogP contribution >= 0.6 is 22.9 Å². The van der Waals surface area contributed by atoms with Crippen molar-refractivity contribution in [2.24, 2.45) is 0 Å². The minimum atomic E-state index is -0.720. The summed E-state index contributed by atoms with van der Waals surface area (Å²) >= 11 is 7.61. The molecule has 0 atom stereocenters. The number of methoxy groups -OCH3 is 2. The lowest BCUT2D eigenvalue weighted by Gasteiger charge is -2.19. The zero-order valence-electron chi connectivity index (χ0n) is 20.7. The van der Waals surface area contributed by atoms with Gasteiger partial charge in [-0.1, -0.05) is 48.0 Å². The van der Waals surface area contributed by atoms with Crippen LogP contribution < -0.4 is 25.0 Å². The molecule has 0 aliphatic carbocycles. The van der Waals surface area contributed by atoms with Crippen molar-refractivity contribution in [2.75, 3.05) is 29.8 Å². The molecule has 3 amide bonds. The summed E-state index contributed by atoms with van der Waals surface area (Å²) in [6.07, 6.45) is 0. The molecule has 1 aliphatic heterocycles. The molecule has 0 fully saturated rings. The lowest BCUT2D eigenvalue weighted by molar-refractivity contribution is -0.120. The van der Waals surface area contributed by atoms with Gasteiger partial charge in [0.1, 0.15) is 22.2 Å². The average Bonchev–Trinajstić information content (AvgIpc) is 3.51. The van der Waals surface area contributed by atoms with Crippen LogP contribution in [-0.2, 0) is 9.59 Å². The highest BCUT2D eigenvalue weighted by Crippen LogP contribution is 2.38. The van der Waals surface area contributed by atoms with E-state index < -0.39 is 11.8 Å². The van der Waals surface area contributed by atoms with Crippen LogP contribution in [0.1, 0.15) is 10.4 Å². The number of nitrogens with zero attached hydrogens (tertiary/aromatic N) is 2. The summed E-state index contributed by atoms with van der Waals surface area (Å²) in [5.74, 6) is -1.06. The molecule has 39 heavy (non-hydrogen) atoms. The molecule has 0 bridgehead atoms. The van der Waals surface area contributed by atoms with E-state index in [0.717, 1.165) is 16.2 Å². The van der Waals surface area contributed by atoms with Crippen LogP contribution in [0.25, 0.3) is 11.3 Å². The van der Waals surface area contributed by atoms with E-state index in [1.165, 1.54) is 31.6 Å². The van der Waals surface area contributed by atoms with Crippen molar-refractivity contribution in [3.63, 3.8) is 0 Å². The third kappa shape index (κ3) is 5.20. The lowest BCUT2D eigenvalue weighted by atomic mass is 10.2. The van der Waals surface area contributed by atoms with Gasteiger partial charge in [0.15, 0.2) is 5.13 Å². The SMILES string of the molecule is COc1ccc(OC)c(N2C(=O)C(Cl)=C(Nc3cccc(C(=O)Nc4nc(-c5ccccc5)cs4)c3)C2=O)c1. The number of halogens is 1. The standard InChI is InChI=1S/C28H21ClN4O5S/c1-37-19-11-12-22(38-2)21(14-19)33-26(35)23(29)24(27(33)36)30-18-10-6-9-17(13-18)25(34)32-28-31-20(15-39-28)16-7-4-3-5-8-16/h3-15,30H,1-2H3,(H,31,32,34). The van der Waals surface area contributed by atoms with Gasteiger partial charge >= 0.3 is 0 Å². The predicted octanol–water partition coefficient (Wildman–Crippen LogP) is 5.52. The molecule has 0 unspecified atom stereocenters. The number of aromatic nitrogens is 1. The summed E-state index contributed by atoms with van der Waals surface area (Å²) in [7, 11) is 2.90. The van der Waals surface area contributed by atoms with Crippen molar-refractivity contribution in [3.05, 3.63) is 94.5 Å². The topological polar surface area (TPSA) is 110 Å².